The molecule has 8 nitrogen and oxygen atoms in total. The summed E-state index contributed by atoms with van der Waals surface area (Å²) in [5.74, 6) is 1.18. The Kier molecular flexibility index (Phi) is 4.08. The summed E-state index contributed by atoms with van der Waals surface area (Å²) in [5.41, 5.74) is 1.43. The molecule has 0 saturated carbocycles. The van der Waals surface area contributed by atoms with E-state index in [-0.39, 0.29) is 30.8 Å². The fraction of sp³-hybridized carbons (Fsp3) is 0.240. The molecule has 0 unspecified atom stereocenters. The Bertz CT molecular complexity index is 1390. The average molecular weight is 473 g/mol. The summed E-state index contributed by atoms with van der Waals surface area (Å²) in [6.07, 6.45) is 0.731. The lowest BCUT2D eigenvalue weighted by molar-refractivity contribution is -0.120. The van der Waals surface area contributed by atoms with E-state index in [0.29, 0.717) is 28.8 Å². The normalized spacial score (nSPS) is 24.4. The zero-order chi connectivity index (χ0) is 23.0. The molecule has 170 valence electrons. The second kappa shape index (κ2) is 7.07. The summed E-state index contributed by atoms with van der Waals surface area (Å²) < 4.78 is 10.8. The van der Waals surface area contributed by atoms with E-state index in [1.165, 1.54) is 4.90 Å². The van der Waals surface area contributed by atoms with Crippen LogP contribution in [-0.4, -0.2) is 58.3 Å². The van der Waals surface area contributed by atoms with E-state index < -0.39 is 6.04 Å². The van der Waals surface area contributed by atoms with Crippen LogP contribution < -0.4 is 19.7 Å². The summed E-state index contributed by atoms with van der Waals surface area (Å²) in [5, 5.41) is 5.68. The highest BCUT2D eigenvalue weighted by Crippen LogP contribution is 2.44. The van der Waals surface area contributed by atoms with Gasteiger partial charge in [0.2, 0.25) is 6.79 Å². The number of likely N-dealkylation sites (tertiary alicyclic amines) is 1. The molecule has 3 saturated heterocycles. The molecule has 7 rings (SSSR count). The number of nitrogens with zero attached hydrogens (tertiary/aromatic N) is 3. The quantitative estimate of drug-likeness (QED) is 0.452. The number of fused-ring (bicyclic) bond motifs is 7. The van der Waals surface area contributed by atoms with Crippen LogP contribution in [-0.2, 0) is 4.79 Å². The van der Waals surface area contributed by atoms with Crippen molar-refractivity contribution in [1.29, 1.82) is 0 Å². The molecule has 9 heteroatoms. The molecule has 3 aromatic rings. The number of piperazine rings is 1. The SMILES string of the molecule is O=C1[C@@H]2[C@@H]3C[C@@H](CN3C(=S)Nc3ccc4c(c3)OCO4)N2C(=O)N1c1cccc2ccccc12. The van der Waals surface area contributed by atoms with Crippen LogP contribution in [0.25, 0.3) is 10.8 Å². The number of imide groups is 1. The molecule has 0 aliphatic carbocycles. The van der Waals surface area contributed by atoms with E-state index in [9.17, 15) is 9.59 Å². The van der Waals surface area contributed by atoms with Gasteiger partial charge < -0.3 is 24.6 Å². The number of anilines is 2. The van der Waals surface area contributed by atoms with Gasteiger partial charge in [0, 0.05) is 23.7 Å². The summed E-state index contributed by atoms with van der Waals surface area (Å²) in [4.78, 5) is 32.2. The molecular formula is C25H20N4O4S. The van der Waals surface area contributed by atoms with Gasteiger partial charge >= 0.3 is 6.03 Å². The number of urea groups is 1. The molecule has 2 bridgehead atoms. The first-order valence-electron chi connectivity index (χ1n) is 11.2. The van der Waals surface area contributed by atoms with E-state index in [0.717, 1.165) is 22.9 Å². The van der Waals surface area contributed by atoms with Crippen molar-refractivity contribution in [3.63, 3.8) is 0 Å². The fourth-order valence-corrected chi connectivity index (χ4v) is 6.01. The van der Waals surface area contributed by atoms with Crippen molar-refractivity contribution in [1.82, 2.24) is 9.80 Å². The molecule has 4 aliphatic heterocycles. The number of amides is 3. The van der Waals surface area contributed by atoms with Crippen LogP contribution in [0.3, 0.4) is 0 Å². The van der Waals surface area contributed by atoms with Gasteiger partial charge in [-0.1, -0.05) is 36.4 Å². The van der Waals surface area contributed by atoms with Gasteiger partial charge in [-0.05, 0) is 42.2 Å². The molecule has 3 aromatic carbocycles. The summed E-state index contributed by atoms with van der Waals surface area (Å²) in [7, 11) is 0. The van der Waals surface area contributed by atoms with Crippen molar-refractivity contribution in [2.45, 2.75) is 24.5 Å². The largest absolute Gasteiger partial charge is 0.454 e. The summed E-state index contributed by atoms with van der Waals surface area (Å²) in [6.45, 7) is 0.805. The molecule has 1 N–H and O–H groups in total. The molecule has 3 fully saturated rings. The van der Waals surface area contributed by atoms with Gasteiger partial charge in [-0.25, -0.2) is 9.69 Å². The average Bonchev–Trinajstić information content (AvgIpc) is 3.62. The zero-order valence-electron chi connectivity index (χ0n) is 18.0. The molecule has 4 heterocycles. The molecule has 34 heavy (non-hydrogen) atoms. The third-order valence-corrected chi connectivity index (χ3v) is 7.49. The maximum Gasteiger partial charge on any atom is 0.332 e. The Morgan fingerprint density at radius 2 is 1.82 bits per heavy atom. The standard InChI is InChI=1S/C25H20N4O4S/c30-23-22-19-11-16(12-27(19)24(34)26-15-8-9-20-21(10-15)33-13-32-20)28(22)25(31)29(23)18-7-3-5-14-4-1-2-6-17(14)18/h1-10,16,19,22H,11-13H2,(H,26,34)/t16-,19-,22-/m0/s1. The van der Waals surface area contributed by atoms with E-state index in [2.05, 4.69) is 5.32 Å². The minimum absolute atomic E-state index is 0.0528. The molecule has 0 aromatic heterocycles. The number of nitrogens with one attached hydrogen (secondary N) is 1. The molecule has 3 amide bonds. The summed E-state index contributed by atoms with van der Waals surface area (Å²) >= 11 is 5.72. The maximum absolute atomic E-state index is 13.6. The van der Waals surface area contributed by atoms with Crippen molar-refractivity contribution in [2.75, 3.05) is 23.6 Å². The van der Waals surface area contributed by atoms with Crippen molar-refractivity contribution in [3.05, 3.63) is 60.7 Å². The minimum atomic E-state index is -0.540. The second-order valence-electron chi connectivity index (χ2n) is 8.91. The number of hydrogen-bond acceptors (Lipinski definition) is 5. The van der Waals surface area contributed by atoms with Crippen LogP contribution in [0.1, 0.15) is 6.42 Å². The van der Waals surface area contributed by atoms with E-state index in [1.54, 1.807) is 4.90 Å². The fourth-order valence-electron chi connectivity index (χ4n) is 5.69. The lowest BCUT2D eigenvalue weighted by Gasteiger charge is -2.36. The van der Waals surface area contributed by atoms with Gasteiger partial charge in [0.25, 0.3) is 5.91 Å². The number of benzene rings is 3. The Balaban J connectivity index is 1.16. The third-order valence-electron chi connectivity index (χ3n) is 7.16. The van der Waals surface area contributed by atoms with E-state index in [1.807, 2.05) is 65.6 Å². The lowest BCUT2D eigenvalue weighted by Crippen LogP contribution is -2.55. The van der Waals surface area contributed by atoms with Gasteiger partial charge in [-0.15, -0.1) is 0 Å². The topological polar surface area (TPSA) is 74.4 Å². The predicted octanol–water partition coefficient (Wildman–Crippen LogP) is 3.56. The Morgan fingerprint density at radius 3 is 2.74 bits per heavy atom. The number of thiocarbonyl (C=S) groups is 1. The first-order chi connectivity index (χ1) is 16.6. The highest BCUT2D eigenvalue weighted by Gasteiger charge is 2.62. The van der Waals surface area contributed by atoms with E-state index >= 15 is 0 Å². The molecule has 3 atom stereocenters. The van der Waals surface area contributed by atoms with Gasteiger partial charge in [-0.2, -0.15) is 0 Å². The van der Waals surface area contributed by atoms with Crippen molar-refractivity contribution in [2.24, 2.45) is 0 Å². The monoisotopic (exact) mass is 472 g/mol. The Labute approximate surface area is 200 Å². The van der Waals surface area contributed by atoms with Crippen molar-refractivity contribution >= 4 is 51.4 Å². The molecule has 0 radical (unpaired) electrons. The predicted molar refractivity (Wildman–Crippen MR) is 130 cm³/mol. The lowest BCUT2D eigenvalue weighted by atomic mass is 10.1. The number of rotatable bonds is 2. The van der Waals surface area contributed by atoms with Crippen LogP contribution in [0.2, 0.25) is 0 Å². The Hall–Kier alpha value is -3.85. The minimum Gasteiger partial charge on any atom is -0.454 e. The molecule has 0 spiro atoms. The zero-order valence-corrected chi connectivity index (χ0v) is 18.8. The number of ether oxygens (including phenoxy) is 2. The smallest absolute Gasteiger partial charge is 0.332 e. The molecule has 4 aliphatic rings. The third kappa shape index (κ3) is 2.67. The van der Waals surface area contributed by atoms with Crippen molar-refractivity contribution in [3.8, 4) is 11.5 Å². The van der Waals surface area contributed by atoms with Crippen molar-refractivity contribution < 1.29 is 19.1 Å². The Morgan fingerprint density at radius 1 is 1.00 bits per heavy atom. The van der Waals surface area contributed by atoms with Crippen LogP contribution >= 0.6 is 12.2 Å². The highest BCUT2D eigenvalue weighted by molar-refractivity contribution is 7.80. The second-order valence-corrected chi connectivity index (χ2v) is 9.30. The number of hydrogen-bond donors (Lipinski definition) is 1. The number of carbonyl (C=O) groups excluding carboxylic acids is 2. The van der Waals surface area contributed by atoms with Gasteiger partial charge in [0.1, 0.15) is 6.04 Å². The first-order valence-corrected chi connectivity index (χ1v) is 11.6. The van der Waals surface area contributed by atoms with Crippen LogP contribution in [0.5, 0.6) is 11.5 Å². The van der Waals surface area contributed by atoms with Crippen LogP contribution in [0.15, 0.2) is 60.7 Å². The number of carbonyl (C=O) groups is 2. The summed E-state index contributed by atoms with van der Waals surface area (Å²) in [6, 6.07) is 18.1. The maximum atomic E-state index is 13.6. The van der Waals surface area contributed by atoms with E-state index in [4.69, 9.17) is 21.7 Å². The van der Waals surface area contributed by atoms with Crippen LogP contribution in [0, 0.1) is 0 Å². The first kappa shape index (κ1) is 19.6. The molecular weight excluding hydrogens is 452 g/mol. The van der Waals surface area contributed by atoms with Gasteiger partial charge in [0.15, 0.2) is 16.6 Å². The van der Waals surface area contributed by atoms with Gasteiger partial charge in [-0.3, -0.25) is 4.79 Å². The van der Waals surface area contributed by atoms with Gasteiger partial charge in [0.05, 0.1) is 17.8 Å². The van der Waals surface area contributed by atoms with Crippen LogP contribution in [0.4, 0.5) is 16.2 Å². The highest BCUT2D eigenvalue weighted by atomic mass is 32.1.